The molecule has 5 rings (SSSR count). The number of rotatable bonds is 0. The van der Waals surface area contributed by atoms with Crippen LogP contribution in [0.5, 0.6) is 0 Å². The molecule has 0 saturated carbocycles. The fourth-order valence-corrected chi connectivity index (χ4v) is 3.64. The molecule has 0 atom stereocenters. The topological polar surface area (TPSA) is 17.3 Å². The van der Waals surface area contributed by atoms with Crippen molar-refractivity contribution in [1.29, 1.82) is 0 Å². The van der Waals surface area contributed by atoms with Gasteiger partial charge in [0.2, 0.25) is 0 Å². The highest BCUT2D eigenvalue weighted by atomic mass is 79.9. The van der Waals surface area contributed by atoms with E-state index < -0.39 is 0 Å². The number of hydrogen-bond acceptors (Lipinski definition) is 1. The number of benzene rings is 3. The lowest BCUT2D eigenvalue weighted by atomic mass is 10.1. The molecule has 2 heterocycles. The summed E-state index contributed by atoms with van der Waals surface area (Å²) < 4.78 is 3.34. The number of nitrogens with zero attached hydrogens (tertiary/aromatic N) is 2. The molecule has 0 aliphatic carbocycles. The molecule has 3 heteroatoms. The summed E-state index contributed by atoms with van der Waals surface area (Å²) in [7, 11) is 0. The van der Waals surface area contributed by atoms with E-state index in [1.807, 2.05) is 6.07 Å². The van der Waals surface area contributed by atoms with Gasteiger partial charge in [0.05, 0.1) is 16.6 Å². The first kappa shape index (κ1) is 12.2. The van der Waals surface area contributed by atoms with Gasteiger partial charge in [-0.3, -0.25) is 4.40 Å². The monoisotopic (exact) mass is 346 g/mol. The van der Waals surface area contributed by atoms with Crippen molar-refractivity contribution in [3.8, 4) is 0 Å². The molecule has 2 aromatic heterocycles. The largest absolute Gasteiger partial charge is 0.292 e. The predicted octanol–water partition coefficient (Wildman–Crippen LogP) is 5.56. The van der Waals surface area contributed by atoms with Gasteiger partial charge in [-0.05, 0) is 35.7 Å². The van der Waals surface area contributed by atoms with E-state index in [0.29, 0.717) is 0 Å². The Morgan fingerprint density at radius 2 is 1.50 bits per heavy atom. The van der Waals surface area contributed by atoms with Crippen LogP contribution in [0.15, 0.2) is 71.2 Å². The zero-order valence-corrected chi connectivity index (χ0v) is 13.2. The molecule has 0 amide bonds. The van der Waals surface area contributed by atoms with Crippen molar-refractivity contribution in [1.82, 2.24) is 9.38 Å². The average molecular weight is 347 g/mol. The zero-order valence-electron chi connectivity index (χ0n) is 11.6. The average Bonchev–Trinajstić information content (AvgIpc) is 2.95. The van der Waals surface area contributed by atoms with E-state index in [4.69, 9.17) is 4.98 Å². The Hall–Kier alpha value is -2.39. The van der Waals surface area contributed by atoms with E-state index >= 15 is 0 Å². The van der Waals surface area contributed by atoms with Crippen molar-refractivity contribution >= 4 is 54.3 Å². The lowest BCUT2D eigenvalue weighted by Crippen LogP contribution is -1.91. The predicted molar refractivity (Wildman–Crippen MR) is 95.4 cm³/mol. The first-order chi connectivity index (χ1) is 10.8. The molecule has 0 N–H and O–H groups in total. The maximum absolute atomic E-state index is 4.88. The van der Waals surface area contributed by atoms with Crippen molar-refractivity contribution in [3.05, 3.63) is 71.2 Å². The van der Waals surface area contributed by atoms with E-state index in [-0.39, 0.29) is 0 Å². The lowest BCUT2D eigenvalue weighted by Gasteiger charge is -2.09. The van der Waals surface area contributed by atoms with Gasteiger partial charge in [-0.1, -0.05) is 52.3 Å². The standard InChI is InChI=1S/C19H11BrN2/c20-12-9-10-13-14-5-1-3-7-17(14)22-18-8-4-2-6-16(18)21-19(22)15(13)11-12/h1-11H. The summed E-state index contributed by atoms with van der Waals surface area (Å²) in [5.41, 5.74) is 4.38. The second-order valence-electron chi connectivity index (χ2n) is 5.47. The Morgan fingerprint density at radius 1 is 0.727 bits per heavy atom. The van der Waals surface area contributed by atoms with Crippen LogP contribution in [0.2, 0.25) is 0 Å². The van der Waals surface area contributed by atoms with Gasteiger partial charge in [0.1, 0.15) is 5.65 Å². The summed E-state index contributed by atoms with van der Waals surface area (Å²) >= 11 is 3.59. The van der Waals surface area contributed by atoms with Gasteiger partial charge in [-0.15, -0.1) is 0 Å². The van der Waals surface area contributed by atoms with Crippen LogP contribution >= 0.6 is 15.9 Å². The highest BCUT2D eigenvalue weighted by Crippen LogP contribution is 2.33. The molecule has 0 saturated heterocycles. The number of pyridine rings is 1. The summed E-state index contributed by atoms with van der Waals surface area (Å²) in [6, 6.07) is 23.2. The minimum absolute atomic E-state index is 1.01. The van der Waals surface area contributed by atoms with E-state index in [9.17, 15) is 0 Å². The second-order valence-corrected chi connectivity index (χ2v) is 6.38. The molecule has 104 valence electrons. The summed E-state index contributed by atoms with van der Waals surface area (Å²) in [6.45, 7) is 0. The van der Waals surface area contributed by atoms with Crippen LogP contribution in [0.1, 0.15) is 0 Å². The van der Waals surface area contributed by atoms with Gasteiger partial charge in [-0.2, -0.15) is 0 Å². The summed E-state index contributed by atoms with van der Waals surface area (Å²) in [6.07, 6.45) is 0. The Bertz CT molecular complexity index is 1190. The van der Waals surface area contributed by atoms with Crippen LogP contribution < -0.4 is 0 Å². The van der Waals surface area contributed by atoms with Crippen molar-refractivity contribution in [3.63, 3.8) is 0 Å². The van der Waals surface area contributed by atoms with Crippen LogP contribution in [0, 0.1) is 0 Å². The first-order valence-electron chi connectivity index (χ1n) is 7.20. The van der Waals surface area contributed by atoms with Crippen LogP contribution in [-0.2, 0) is 0 Å². The lowest BCUT2D eigenvalue weighted by molar-refractivity contribution is 1.31. The van der Waals surface area contributed by atoms with E-state index in [1.165, 1.54) is 21.7 Å². The van der Waals surface area contributed by atoms with Gasteiger partial charge in [-0.25, -0.2) is 4.98 Å². The maximum Gasteiger partial charge on any atom is 0.146 e. The molecule has 0 radical (unpaired) electrons. The molecule has 2 nitrogen and oxygen atoms in total. The van der Waals surface area contributed by atoms with Gasteiger partial charge >= 0.3 is 0 Å². The van der Waals surface area contributed by atoms with Crippen molar-refractivity contribution in [2.45, 2.75) is 0 Å². The number of para-hydroxylation sites is 3. The first-order valence-corrected chi connectivity index (χ1v) is 7.99. The normalized spacial score (nSPS) is 11.9. The minimum Gasteiger partial charge on any atom is -0.292 e. The third-order valence-electron chi connectivity index (χ3n) is 4.22. The Balaban J connectivity index is 2.23. The molecular formula is C19H11BrN2. The Morgan fingerprint density at radius 3 is 2.41 bits per heavy atom. The number of fused-ring (bicyclic) bond motifs is 8. The molecule has 22 heavy (non-hydrogen) atoms. The molecule has 0 fully saturated rings. The Labute approximate surface area is 135 Å². The third kappa shape index (κ3) is 1.52. The van der Waals surface area contributed by atoms with Crippen molar-refractivity contribution in [2.24, 2.45) is 0 Å². The van der Waals surface area contributed by atoms with Gasteiger partial charge in [0.15, 0.2) is 0 Å². The van der Waals surface area contributed by atoms with Gasteiger partial charge in [0.25, 0.3) is 0 Å². The van der Waals surface area contributed by atoms with Crippen molar-refractivity contribution in [2.75, 3.05) is 0 Å². The molecular weight excluding hydrogens is 336 g/mol. The number of halogens is 1. The van der Waals surface area contributed by atoms with Gasteiger partial charge < -0.3 is 0 Å². The van der Waals surface area contributed by atoms with E-state index in [2.05, 4.69) is 81.0 Å². The summed E-state index contributed by atoms with van der Waals surface area (Å²) in [5.74, 6) is 0. The van der Waals surface area contributed by atoms with Crippen molar-refractivity contribution < 1.29 is 0 Å². The summed E-state index contributed by atoms with van der Waals surface area (Å²) in [5, 5.41) is 3.66. The molecule has 0 bridgehead atoms. The molecule has 3 aromatic carbocycles. The maximum atomic E-state index is 4.88. The summed E-state index contributed by atoms with van der Waals surface area (Å²) in [4.78, 5) is 4.88. The third-order valence-corrected chi connectivity index (χ3v) is 4.71. The zero-order chi connectivity index (χ0) is 14.7. The highest BCUT2D eigenvalue weighted by molar-refractivity contribution is 9.10. The minimum atomic E-state index is 1.01. The fourth-order valence-electron chi connectivity index (χ4n) is 3.28. The number of imidazole rings is 1. The van der Waals surface area contributed by atoms with Crippen LogP contribution in [0.3, 0.4) is 0 Å². The highest BCUT2D eigenvalue weighted by Gasteiger charge is 2.12. The number of aromatic nitrogens is 2. The van der Waals surface area contributed by atoms with E-state index in [1.54, 1.807) is 0 Å². The smallest absolute Gasteiger partial charge is 0.146 e. The van der Waals surface area contributed by atoms with Crippen LogP contribution in [0.4, 0.5) is 0 Å². The second kappa shape index (κ2) is 4.31. The Kier molecular flexibility index (Phi) is 2.38. The molecule has 0 unspecified atom stereocenters. The van der Waals surface area contributed by atoms with Crippen LogP contribution in [0.25, 0.3) is 38.4 Å². The SMILES string of the molecule is Brc1ccc2c3ccccc3n3c4ccccc4nc3c2c1. The molecule has 5 aromatic rings. The molecule has 0 aliphatic rings. The van der Waals surface area contributed by atoms with Gasteiger partial charge in [0, 0.05) is 15.2 Å². The van der Waals surface area contributed by atoms with Crippen LogP contribution in [-0.4, -0.2) is 9.38 Å². The quantitative estimate of drug-likeness (QED) is 0.335. The molecule has 0 spiro atoms. The fraction of sp³-hybridized carbons (Fsp3) is 0. The van der Waals surface area contributed by atoms with E-state index in [0.717, 1.165) is 21.2 Å². The molecule has 0 aliphatic heterocycles. The number of hydrogen-bond donors (Lipinski definition) is 0.